The van der Waals surface area contributed by atoms with Crippen LogP contribution in [0.1, 0.15) is 59.6 Å². The Labute approximate surface area is 265 Å². The fourth-order valence-electron chi connectivity index (χ4n) is 6.80. The predicted octanol–water partition coefficient (Wildman–Crippen LogP) is 5.75. The number of piperazine rings is 2. The molecule has 0 aromatic heterocycles. The molecule has 2 aliphatic heterocycles. The van der Waals surface area contributed by atoms with Gasteiger partial charge in [0, 0.05) is 69.0 Å². The molecule has 232 valence electrons. The molecule has 3 aromatic carbocycles. The molecule has 2 saturated heterocycles. The van der Waals surface area contributed by atoms with E-state index in [1.807, 2.05) is 35.2 Å². The number of nitrogens with zero attached hydrogens (tertiary/aromatic N) is 3. The molecule has 3 aliphatic rings. The van der Waals surface area contributed by atoms with E-state index in [9.17, 15) is 9.59 Å². The van der Waals surface area contributed by atoms with E-state index in [4.69, 9.17) is 11.6 Å². The Hall–Kier alpha value is -3.59. The molecule has 0 bridgehead atoms. The van der Waals surface area contributed by atoms with Gasteiger partial charge in [-0.1, -0.05) is 73.3 Å². The van der Waals surface area contributed by atoms with Crippen molar-refractivity contribution in [3.05, 3.63) is 94.5 Å². The molecular formula is C35H43ClN6O2. The first kappa shape index (κ1) is 30.4. The first-order chi connectivity index (χ1) is 21.5. The summed E-state index contributed by atoms with van der Waals surface area (Å²) in [7, 11) is 0. The number of carbonyl (C=O) groups is 2. The summed E-state index contributed by atoms with van der Waals surface area (Å²) in [5, 5.41) is 10.4. The second-order valence-corrected chi connectivity index (χ2v) is 12.5. The molecular weight excluding hydrogens is 572 g/mol. The van der Waals surface area contributed by atoms with Crippen molar-refractivity contribution in [3.8, 4) is 0 Å². The molecule has 8 nitrogen and oxygen atoms in total. The third-order valence-corrected chi connectivity index (χ3v) is 9.41. The zero-order valence-corrected chi connectivity index (χ0v) is 26.1. The van der Waals surface area contributed by atoms with Crippen LogP contribution in [0.15, 0.2) is 72.8 Å². The topological polar surface area (TPSA) is 80.0 Å². The van der Waals surface area contributed by atoms with E-state index < -0.39 is 0 Å². The van der Waals surface area contributed by atoms with E-state index >= 15 is 0 Å². The van der Waals surface area contributed by atoms with Gasteiger partial charge in [-0.15, -0.1) is 0 Å². The minimum atomic E-state index is -0.199. The summed E-state index contributed by atoms with van der Waals surface area (Å²) >= 11 is 6.23. The lowest BCUT2D eigenvalue weighted by Crippen LogP contribution is -2.48. The number of amides is 3. The Morgan fingerprint density at radius 2 is 1.48 bits per heavy atom. The van der Waals surface area contributed by atoms with Crippen molar-refractivity contribution in [1.29, 1.82) is 0 Å². The third kappa shape index (κ3) is 7.37. The molecule has 0 radical (unpaired) electrons. The van der Waals surface area contributed by atoms with Crippen LogP contribution >= 0.6 is 11.6 Å². The maximum Gasteiger partial charge on any atom is 0.319 e. The highest BCUT2D eigenvalue weighted by Gasteiger charge is 2.28. The molecule has 6 rings (SSSR count). The number of rotatable bonds is 7. The Bertz CT molecular complexity index is 1400. The van der Waals surface area contributed by atoms with Crippen LogP contribution in [0.5, 0.6) is 0 Å². The van der Waals surface area contributed by atoms with Crippen LogP contribution in [-0.4, -0.2) is 80.1 Å². The van der Waals surface area contributed by atoms with Gasteiger partial charge < -0.3 is 25.8 Å². The van der Waals surface area contributed by atoms with E-state index in [2.05, 4.69) is 68.2 Å². The Morgan fingerprint density at radius 3 is 2.18 bits per heavy atom. The maximum atomic E-state index is 13.4. The number of carbonyl (C=O) groups excluding carboxylic acids is 2. The van der Waals surface area contributed by atoms with E-state index in [-0.39, 0.29) is 24.0 Å². The standard InChI is InChI=1S/C35H43ClN6O2/c36-29-14-11-27(12-15-29)33(26-7-3-1-4-8-26)41-23-21-40(22-24-41)32-16-13-28(34(43)42-19-17-37-18-20-42)25-31(32)39-35(44)38-30-9-5-2-6-10-30/h1,3-4,7-8,11-16,25,30,33,37H,2,5-6,9-10,17-24H2,(H2,38,39,44). The molecule has 44 heavy (non-hydrogen) atoms. The molecule has 2 heterocycles. The van der Waals surface area contributed by atoms with E-state index in [1.165, 1.54) is 17.5 Å². The number of urea groups is 1. The number of nitrogens with one attached hydrogen (secondary N) is 3. The largest absolute Gasteiger partial charge is 0.367 e. The Morgan fingerprint density at radius 1 is 0.795 bits per heavy atom. The maximum absolute atomic E-state index is 13.4. The summed E-state index contributed by atoms with van der Waals surface area (Å²) in [6.45, 7) is 6.23. The van der Waals surface area contributed by atoms with Crippen molar-refractivity contribution >= 4 is 34.9 Å². The minimum absolute atomic E-state index is 0.00674. The molecule has 1 atom stereocenters. The summed E-state index contributed by atoms with van der Waals surface area (Å²) in [5.41, 5.74) is 4.70. The Kier molecular flexibility index (Phi) is 10.0. The summed E-state index contributed by atoms with van der Waals surface area (Å²) < 4.78 is 0. The summed E-state index contributed by atoms with van der Waals surface area (Å²) in [6.07, 6.45) is 5.56. The fourth-order valence-corrected chi connectivity index (χ4v) is 6.93. The quantitative estimate of drug-likeness (QED) is 0.316. The van der Waals surface area contributed by atoms with Gasteiger partial charge in [0.2, 0.25) is 0 Å². The van der Waals surface area contributed by atoms with Crippen molar-refractivity contribution in [1.82, 2.24) is 20.4 Å². The summed E-state index contributed by atoms with van der Waals surface area (Å²) in [5.74, 6) is 0.00674. The summed E-state index contributed by atoms with van der Waals surface area (Å²) in [6, 6.07) is 24.7. The van der Waals surface area contributed by atoms with E-state index in [0.717, 1.165) is 75.7 Å². The van der Waals surface area contributed by atoms with Crippen LogP contribution in [0.4, 0.5) is 16.2 Å². The SMILES string of the molecule is O=C(Nc1cc(C(=O)N2CCNCC2)ccc1N1CCN(C(c2ccccc2)c2ccc(Cl)cc2)CC1)NC1CCCCC1. The van der Waals surface area contributed by atoms with Crippen molar-refractivity contribution < 1.29 is 9.59 Å². The highest BCUT2D eigenvalue weighted by molar-refractivity contribution is 6.30. The van der Waals surface area contributed by atoms with Gasteiger partial charge in [0.1, 0.15) is 0 Å². The lowest BCUT2D eigenvalue weighted by molar-refractivity contribution is 0.0736. The van der Waals surface area contributed by atoms with Gasteiger partial charge in [0.05, 0.1) is 17.4 Å². The second kappa shape index (κ2) is 14.5. The van der Waals surface area contributed by atoms with E-state index in [0.29, 0.717) is 24.3 Å². The number of hydrogen-bond donors (Lipinski definition) is 3. The smallest absolute Gasteiger partial charge is 0.319 e. The molecule has 9 heteroatoms. The highest BCUT2D eigenvalue weighted by Crippen LogP contribution is 2.34. The molecule has 1 aliphatic carbocycles. The van der Waals surface area contributed by atoms with Crippen LogP contribution in [-0.2, 0) is 0 Å². The van der Waals surface area contributed by atoms with Crippen molar-refractivity contribution in [2.24, 2.45) is 0 Å². The van der Waals surface area contributed by atoms with Gasteiger partial charge in [-0.05, 0) is 54.3 Å². The molecule has 3 amide bonds. The average Bonchev–Trinajstić information content (AvgIpc) is 3.07. The van der Waals surface area contributed by atoms with Crippen LogP contribution in [0.3, 0.4) is 0 Å². The number of benzene rings is 3. The van der Waals surface area contributed by atoms with Crippen molar-refractivity contribution in [2.45, 2.75) is 44.2 Å². The van der Waals surface area contributed by atoms with Crippen LogP contribution in [0.2, 0.25) is 5.02 Å². The lowest BCUT2D eigenvalue weighted by atomic mass is 9.96. The normalized spacial score (nSPS) is 18.9. The van der Waals surface area contributed by atoms with E-state index in [1.54, 1.807) is 0 Å². The zero-order chi connectivity index (χ0) is 30.3. The monoisotopic (exact) mass is 614 g/mol. The van der Waals surface area contributed by atoms with Gasteiger partial charge in [0.25, 0.3) is 5.91 Å². The summed E-state index contributed by atoms with van der Waals surface area (Å²) in [4.78, 5) is 33.3. The van der Waals surface area contributed by atoms with Crippen LogP contribution in [0.25, 0.3) is 0 Å². The molecule has 3 N–H and O–H groups in total. The third-order valence-electron chi connectivity index (χ3n) is 9.16. The zero-order valence-electron chi connectivity index (χ0n) is 25.3. The van der Waals surface area contributed by atoms with Crippen LogP contribution < -0.4 is 20.9 Å². The molecule has 3 fully saturated rings. The first-order valence-electron chi connectivity index (χ1n) is 16.1. The Balaban J connectivity index is 1.21. The fraction of sp³-hybridized carbons (Fsp3) is 0.429. The second-order valence-electron chi connectivity index (χ2n) is 12.1. The predicted molar refractivity (Wildman–Crippen MR) is 178 cm³/mol. The molecule has 1 unspecified atom stereocenters. The highest BCUT2D eigenvalue weighted by atomic mass is 35.5. The minimum Gasteiger partial charge on any atom is -0.367 e. The van der Waals surface area contributed by atoms with Crippen molar-refractivity contribution in [2.75, 3.05) is 62.6 Å². The number of halogens is 1. The molecule has 1 saturated carbocycles. The average molecular weight is 615 g/mol. The van der Waals surface area contributed by atoms with Gasteiger partial charge in [-0.2, -0.15) is 0 Å². The number of hydrogen-bond acceptors (Lipinski definition) is 5. The van der Waals surface area contributed by atoms with Crippen molar-refractivity contribution in [3.63, 3.8) is 0 Å². The lowest BCUT2D eigenvalue weighted by Gasteiger charge is -2.41. The van der Waals surface area contributed by atoms with Gasteiger partial charge in [-0.25, -0.2) is 4.79 Å². The molecule has 0 spiro atoms. The number of anilines is 2. The van der Waals surface area contributed by atoms with Gasteiger partial charge >= 0.3 is 6.03 Å². The first-order valence-corrected chi connectivity index (χ1v) is 16.4. The van der Waals surface area contributed by atoms with Gasteiger partial charge in [-0.3, -0.25) is 9.69 Å². The molecule has 3 aromatic rings. The van der Waals surface area contributed by atoms with Gasteiger partial charge in [0.15, 0.2) is 0 Å². The van der Waals surface area contributed by atoms with Crippen LogP contribution in [0, 0.1) is 0 Å².